The molecule has 2 aromatic heterocycles. The monoisotopic (exact) mass is 272 g/mol. The van der Waals surface area contributed by atoms with Crippen molar-refractivity contribution in [3.63, 3.8) is 0 Å². The largest absolute Gasteiger partial charge is 0.369 e. The number of aromatic nitrogens is 3. The highest BCUT2D eigenvalue weighted by atomic mass is 35.5. The zero-order valence-corrected chi connectivity index (χ0v) is 11.0. The molecule has 4 nitrogen and oxygen atoms in total. The molecule has 0 saturated carbocycles. The minimum atomic E-state index is 0.473. The molecule has 3 rings (SSSR count). The average molecular weight is 273 g/mol. The number of aryl methyl sites for hydroxylation is 2. The number of nitrogens with two attached hydrogens (primary N) is 1. The Morgan fingerprint density at radius 3 is 2.79 bits per heavy atom. The van der Waals surface area contributed by atoms with Gasteiger partial charge in [-0.05, 0) is 18.1 Å². The van der Waals surface area contributed by atoms with Gasteiger partial charge in [-0.1, -0.05) is 41.9 Å². The van der Waals surface area contributed by atoms with Crippen molar-refractivity contribution in [2.75, 3.05) is 5.73 Å². The maximum Gasteiger partial charge on any atom is 0.202 e. The number of benzene rings is 1. The number of hydrogen-bond donors (Lipinski definition) is 1. The van der Waals surface area contributed by atoms with Crippen molar-refractivity contribution in [1.82, 2.24) is 14.5 Å². The van der Waals surface area contributed by atoms with E-state index in [-0.39, 0.29) is 0 Å². The second-order valence-electron chi connectivity index (χ2n) is 4.35. The van der Waals surface area contributed by atoms with Crippen molar-refractivity contribution in [1.29, 1.82) is 0 Å². The van der Waals surface area contributed by atoms with Gasteiger partial charge in [-0.15, -0.1) is 0 Å². The summed E-state index contributed by atoms with van der Waals surface area (Å²) in [6, 6.07) is 12.0. The van der Waals surface area contributed by atoms with E-state index in [1.54, 1.807) is 12.3 Å². The summed E-state index contributed by atoms with van der Waals surface area (Å²) in [5, 5.41) is 0.570. The number of nitrogens with zero attached hydrogens (tertiary/aromatic N) is 3. The zero-order valence-electron chi connectivity index (χ0n) is 10.3. The van der Waals surface area contributed by atoms with Crippen LogP contribution in [0.5, 0.6) is 0 Å². The molecule has 0 fully saturated rings. The van der Waals surface area contributed by atoms with E-state index < -0.39 is 0 Å². The number of halogens is 1. The van der Waals surface area contributed by atoms with Crippen LogP contribution in [0.3, 0.4) is 0 Å². The molecule has 0 aliphatic heterocycles. The highest BCUT2D eigenvalue weighted by Gasteiger charge is 2.09. The van der Waals surface area contributed by atoms with Crippen molar-refractivity contribution < 1.29 is 0 Å². The average Bonchev–Trinajstić information content (AvgIpc) is 2.72. The lowest BCUT2D eigenvalue weighted by Gasteiger charge is -2.05. The van der Waals surface area contributed by atoms with Gasteiger partial charge in [-0.3, -0.25) is 4.57 Å². The Bertz CT molecular complexity index is 706. The number of rotatable bonds is 3. The first kappa shape index (κ1) is 12.0. The van der Waals surface area contributed by atoms with Crippen LogP contribution in [-0.2, 0) is 13.0 Å². The lowest BCUT2D eigenvalue weighted by Crippen LogP contribution is -2.06. The molecule has 5 heteroatoms. The Morgan fingerprint density at radius 1 is 1.21 bits per heavy atom. The lowest BCUT2D eigenvalue weighted by atomic mass is 10.1. The maximum absolute atomic E-state index is 5.94. The third-order valence-corrected chi connectivity index (χ3v) is 3.25. The number of imidazole rings is 1. The fourth-order valence-corrected chi connectivity index (χ4v) is 2.26. The van der Waals surface area contributed by atoms with Gasteiger partial charge >= 0.3 is 0 Å². The van der Waals surface area contributed by atoms with Gasteiger partial charge in [-0.2, -0.15) is 0 Å². The zero-order chi connectivity index (χ0) is 13.2. The smallest absolute Gasteiger partial charge is 0.202 e. The predicted octanol–water partition coefficient (Wildman–Crippen LogP) is 2.91. The molecule has 0 atom stereocenters. The van der Waals surface area contributed by atoms with Crippen molar-refractivity contribution in [3.05, 3.63) is 53.2 Å². The molecule has 96 valence electrons. The highest BCUT2D eigenvalue weighted by Crippen LogP contribution is 2.19. The Morgan fingerprint density at radius 2 is 2.00 bits per heavy atom. The van der Waals surface area contributed by atoms with Gasteiger partial charge in [0.05, 0.1) is 5.02 Å². The quantitative estimate of drug-likeness (QED) is 0.798. The molecular formula is C14H13ClN4. The van der Waals surface area contributed by atoms with Gasteiger partial charge in [0.15, 0.2) is 5.65 Å². The minimum Gasteiger partial charge on any atom is -0.369 e. The van der Waals surface area contributed by atoms with Crippen LogP contribution in [-0.4, -0.2) is 14.5 Å². The summed E-state index contributed by atoms with van der Waals surface area (Å²) in [6.07, 6.45) is 2.50. The van der Waals surface area contributed by atoms with Gasteiger partial charge in [0.25, 0.3) is 0 Å². The number of hydrogen-bond acceptors (Lipinski definition) is 3. The number of fused-ring (bicyclic) bond motifs is 1. The van der Waals surface area contributed by atoms with Crippen LogP contribution in [0.25, 0.3) is 11.2 Å². The molecule has 0 bridgehead atoms. The summed E-state index contributed by atoms with van der Waals surface area (Å²) in [5.41, 5.74) is 8.71. The third-order valence-electron chi connectivity index (χ3n) is 3.05. The van der Waals surface area contributed by atoms with E-state index in [2.05, 4.69) is 22.1 Å². The summed E-state index contributed by atoms with van der Waals surface area (Å²) in [5.74, 6) is 0.473. The van der Waals surface area contributed by atoms with E-state index in [0.717, 1.165) is 24.1 Å². The van der Waals surface area contributed by atoms with Crippen molar-refractivity contribution in [2.24, 2.45) is 0 Å². The van der Waals surface area contributed by atoms with E-state index in [4.69, 9.17) is 17.3 Å². The van der Waals surface area contributed by atoms with Crippen LogP contribution in [0, 0.1) is 0 Å². The number of nitrogen functional groups attached to an aromatic ring is 1. The van der Waals surface area contributed by atoms with Crippen molar-refractivity contribution in [3.8, 4) is 0 Å². The predicted molar refractivity (Wildman–Crippen MR) is 77.1 cm³/mol. The first-order valence-corrected chi connectivity index (χ1v) is 6.43. The van der Waals surface area contributed by atoms with Crippen LogP contribution in [0.2, 0.25) is 5.02 Å². The summed E-state index contributed by atoms with van der Waals surface area (Å²) in [6.45, 7) is 0.751. The summed E-state index contributed by atoms with van der Waals surface area (Å²) in [7, 11) is 0. The molecule has 0 spiro atoms. The van der Waals surface area contributed by atoms with E-state index >= 15 is 0 Å². The van der Waals surface area contributed by atoms with Crippen molar-refractivity contribution >= 4 is 28.7 Å². The summed E-state index contributed by atoms with van der Waals surface area (Å²) >= 11 is 5.90. The molecule has 0 amide bonds. The molecule has 19 heavy (non-hydrogen) atoms. The molecule has 0 aliphatic rings. The van der Waals surface area contributed by atoms with E-state index in [1.807, 2.05) is 22.8 Å². The molecule has 0 saturated heterocycles. The fourth-order valence-electron chi connectivity index (χ4n) is 2.11. The van der Waals surface area contributed by atoms with E-state index in [9.17, 15) is 0 Å². The van der Waals surface area contributed by atoms with Gasteiger partial charge in [0.1, 0.15) is 5.52 Å². The molecule has 0 radical (unpaired) electrons. The van der Waals surface area contributed by atoms with Crippen LogP contribution in [0.4, 0.5) is 5.95 Å². The second-order valence-corrected chi connectivity index (χ2v) is 4.79. The molecule has 1 aromatic carbocycles. The van der Waals surface area contributed by atoms with Gasteiger partial charge in [-0.25, -0.2) is 9.97 Å². The normalized spacial score (nSPS) is 11.0. The molecule has 2 heterocycles. The molecular weight excluding hydrogens is 260 g/mol. The topological polar surface area (TPSA) is 56.7 Å². The van der Waals surface area contributed by atoms with Gasteiger partial charge < -0.3 is 5.73 Å². The minimum absolute atomic E-state index is 0.473. The van der Waals surface area contributed by atoms with Crippen LogP contribution >= 0.6 is 11.6 Å². The Labute approximate surface area is 115 Å². The summed E-state index contributed by atoms with van der Waals surface area (Å²) in [4.78, 5) is 8.58. The Kier molecular flexibility index (Phi) is 3.09. The molecule has 3 aromatic rings. The number of pyridine rings is 1. The first-order valence-electron chi connectivity index (χ1n) is 6.05. The first-order chi connectivity index (χ1) is 9.24. The molecule has 2 N–H and O–H groups in total. The Balaban J connectivity index is 1.90. The SMILES string of the molecule is Nc1nc2cc(Cl)cnc2n1CCc1ccccc1. The van der Waals surface area contributed by atoms with E-state index in [1.165, 1.54) is 5.56 Å². The van der Waals surface area contributed by atoms with Crippen LogP contribution < -0.4 is 5.73 Å². The third kappa shape index (κ3) is 2.39. The van der Waals surface area contributed by atoms with E-state index in [0.29, 0.717) is 11.0 Å². The second kappa shape index (κ2) is 4.90. The van der Waals surface area contributed by atoms with Gasteiger partial charge in [0, 0.05) is 12.7 Å². The van der Waals surface area contributed by atoms with Crippen LogP contribution in [0.15, 0.2) is 42.6 Å². The number of anilines is 1. The molecule has 0 unspecified atom stereocenters. The lowest BCUT2D eigenvalue weighted by molar-refractivity contribution is 0.720. The maximum atomic E-state index is 5.94. The Hall–Kier alpha value is -2.07. The summed E-state index contributed by atoms with van der Waals surface area (Å²) < 4.78 is 1.92. The van der Waals surface area contributed by atoms with Crippen LogP contribution in [0.1, 0.15) is 5.56 Å². The van der Waals surface area contributed by atoms with Crippen molar-refractivity contribution in [2.45, 2.75) is 13.0 Å². The highest BCUT2D eigenvalue weighted by molar-refractivity contribution is 6.31. The standard InChI is InChI=1S/C14H13ClN4/c15-11-8-12-13(17-9-11)19(14(16)18-12)7-6-10-4-2-1-3-5-10/h1-5,8-9H,6-7H2,(H2,16,18). The van der Waals surface area contributed by atoms with Gasteiger partial charge in [0.2, 0.25) is 5.95 Å². The fraction of sp³-hybridized carbons (Fsp3) is 0.143. The molecule has 0 aliphatic carbocycles.